The Bertz CT molecular complexity index is 625. The van der Waals surface area contributed by atoms with Crippen LogP contribution in [0.1, 0.15) is 19.3 Å². The number of pyridine rings is 1. The van der Waals surface area contributed by atoms with E-state index in [1.165, 1.54) is 12.1 Å². The van der Waals surface area contributed by atoms with Crippen LogP contribution in [0.15, 0.2) is 23.2 Å². The van der Waals surface area contributed by atoms with E-state index in [0.29, 0.717) is 6.42 Å². The summed E-state index contributed by atoms with van der Waals surface area (Å²) in [6.07, 6.45) is 1.68. The van der Waals surface area contributed by atoms with Crippen molar-refractivity contribution in [3.63, 3.8) is 0 Å². The number of aliphatic hydroxyl groups is 1. The van der Waals surface area contributed by atoms with Crippen LogP contribution in [0.3, 0.4) is 0 Å². The maximum absolute atomic E-state index is 11.9. The van der Waals surface area contributed by atoms with Gasteiger partial charge in [-0.25, -0.2) is 23.0 Å². The van der Waals surface area contributed by atoms with Crippen molar-refractivity contribution in [1.82, 2.24) is 9.71 Å². The molecule has 1 saturated heterocycles. The number of aliphatic hydroxyl groups excluding tert-OH is 1. The van der Waals surface area contributed by atoms with E-state index in [4.69, 9.17) is 5.11 Å². The van der Waals surface area contributed by atoms with Gasteiger partial charge < -0.3 is 5.11 Å². The number of anilines is 1. The summed E-state index contributed by atoms with van der Waals surface area (Å²) < 4.78 is 26.1. The highest BCUT2D eigenvalue weighted by atomic mass is 32.2. The van der Waals surface area contributed by atoms with Gasteiger partial charge in [0.25, 0.3) is 0 Å². The van der Waals surface area contributed by atoms with Gasteiger partial charge in [-0.15, -0.1) is 0 Å². The predicted molar refractivity (Wildman–Crippen MR) is 72.9 cm³/mol. The number of hydrogen-bond donors (Lipinski definition) is 2. The Morgan fingerprint density at radius 2 is 1.90 bits per heavy atom. The number of hydrogen-bond acceptors (Lipinski definition) is 6. The number of carbonyl (C=O) groups excluding carboxylic acids is 2. The van der Waals surface area contributed by atoms with Crippen LogP contribution in [0.5, 0.6) is 0 Å². The molecule has 0 spiro atoms. The summed E-state index contributed by atoms with van der Waals surface area (Å²) in [7, 11) is -3.71. The maximum atomic E-state index is 11.9. The molecule has 1 aliphatic rings. The summed E-state index contributed by atoms with van der Waals surface area (Å²) in [6.45, 7) is 0.00255. The topological polar surface area (TPSA) is 117 Å². The van der Waals surface area contributed by atoms with Crippen molar-refractivity contribution >= 4 is 27.7 Å². The van der Waals surface area contributed by atoms with Gasteiger partial charge in [0.1, 0.15) is 10.7 Å². The van der Waals surface area contributed by atoms with Gasteiger partial charge in [-0.05, 0) is 18.6 Å². The average Bonchev–Trinajstić information content (AvgIpc) is 2.78. The van der Waals surface area contributed by atoms with E-state index >= 15 is 0 Å². The van der Waals surface area contributed by atoms with Crippen LogP contribution in [-0.2, 0) is 19.6 Å². The van der Waals surface area contributed by atoms with Gasteiger partial charge >= 0.3 is 0 Å². The van der Waals surface area contributed by atoms with Crippen LogP contribution < -0.4 is 9.62 Å². The van der Waals surface area contributed by atoms with Crippen LogP contribution in [0.4, 0.5) is 5.82 Å². The summed E-state index contributed by atoms with van der Waals surface area (Å²) in [5.74, 6) is -0.565. The Kier molecular flexibility index (Phi) is 4.66. The second kappa shape index (κ2) is 6.29. The van der Waals surface area contributed by atoms with Crippen molar-refractivity contribution in [2.45, 2.75) is 24.2 Å². The van der Waals surface area contributed by atoms with Gasteiger partial charge in [0.05, 0.1) is 0 Å². The lowest BCUT2D eigenvalue weighted by Crippen LogP contribution is -2.30. The molecule has 9 heteroatoms. The van der Waals surface area contributed by atoms with Crippen LogP contribution in [-0.4, -0.2) is 43.5 Å². The second-order valence-electron chi connectivity index (χ2n) is 4.45. The smallest absolute Gasteiger partial charge is 0.242 e. The highest BCUT2D eigenvalue weighted by Gasteiger charge is 2.31. The Morgan fingerprint density at radius 1 is 1.24 bits per heavy atom. The molecular weight excluding hydrogens is 298 g/mol. The molecule has 2 rings (SSSR count). The summed E-state index contributed by atoms with van der Waals surface area (Å²) >= 11 is 0. The quantitative estimate of drug-likeness (QED) is 0.535. The molecule has 1 fully saturated rings. The Morgan fingerprint density at radius 3 is 2.43 bits per heavy atom. The van der Waals surface area contributed by atoms with Gasteiger partial charge in [-0.2, -0.15) is 0 Å². The van der Waals surface area contributed by atoms with E-state index in [-0.39, 0.29) is 48.5 Å². The molecule has 0 aliphatic carbocycles. The molecule has 0 radical (unpaired) electrons. The van der Waals surface area contributed by atoms with Crippen LogP contribution >= 0.6 is 0 Å². The number of amides is 2. The SMILES string of the molecule is O=C1CCC(=O)N1c1ccc(S(=O)(=O)NCCCO)cn1. The fourth-order valence-corrected chi connectivity index (χ4v) is 2.88. The van der Waals surface area contributed by atoms with Crippen LogP contribution in [0.2, 0.25) is 0 Å². The minimum atomic E-state index is -3.71. The van der Waals surface area contributed by atoms with Crippen LogP contribution in [0, 0.1) is 0 Å². The minimum absolute atomic E-state index is 0.0664. The highest BCUT2D eigenvalue weighted by molar-refractivity contribution is 7.89. The summed E-state index contributed by atoms with van der Waals surface area (Å²) in [5, 5.41) is 8.62. The van der Waals surface area contributed by atoms with Crippen molar-refractivity contribution in [2.24, 2.45) is 0 Å². The number of carbonyl (C=O) groups is 2. The zero-order valence-corrected chi connectivity index (χ0v) is 12.0. The zero-order valence-electron chi connectivity index (χ0n) is 11.2. The Labute approximate surface area is 121 Å². The number of nitrogens with zero attached hydrogens (tertiary/aromatic N) is 2. The van der Waals surface area contributed by atoms with Crippen molar-refractivity contribution in [1.29, 1.82) is 0 Å². The third-order valence-electron chi connectivity index (χ3n) is 2.94. The first-order valence-electron chi connectivity index (χ1n) is 6.38. The molecule has 2 N–H and O–H groups in total. The van der Waals surface area contributed by atoms with Crippen LogP contribution in [0.25, 0.3) is 0 Å². The summed E-state index contributed by atoms with van der Waals surface area (Å²) in [5.41, 5.74) is 0. The first-order chi connectivity index (χ1) is 9.95. The van der Waals surface area contributed by atoms with E-state index in [1.54, 1.807) is 0 Å². The summed E-state index contributed by atoms with van der Waals surface area (Å²) in [4.78, 5) is 27.9. The first kappa shape index (κ1) is 15.5. The van der Waals surface area contributed by atoms with E-state index in [1.807, 2.05) is 0 Å². The number of imide groups is 1. The van der Waals surface area contributed by atoms with Crippen molar-refractivity contribution in [3.05, 3.63) is 18.3 Å². The largest absolute Gasteiger partial charge is 0.396 e. The fourth-order valence-electron chi connectivity index (χ4n) is 1.86. The standard InChI is InChI=1S/C12H15N3O5S/c16-7-1-6-14-21(19,20)9-2-3-10(13-8-9)15-11(17)4-5-12(15)18/h2-3,8,14,16H,1,4-7H2. The Hall–Kier alpha value is -1.84. The number of aromatic nitrogens is 1. The first-order valence-corrected chi connectivity index (χ1v) is 7.86. The third kappa shape index (κ3) is 3.43. The number of sulfonamides is 1. The molecule has 1 aromatic heterocycles. The summed E-state index contributed by atoms with van der Waals surface area (Å²) in [6, 6.07) is 2.60. The Balaban J connectivity index is 2.15. The van der Waals surface area contributed by atoms with Gasteiger partial charge in [-0.1, -0.05) is 0 Å². The number of nitrogens with one attached hydrogen (secondary N) is 1. The molecule has 21 heavy (non-hydrogen) atoms. The van der Waals surface area contributed by atoms with E-state index in [9.17, 15) is 18.0 Å². The molecule has 8 nitrogen and oxygen atoms in total. The molecule has 0 bridgehead atoms. The maximum Gasteiger partial charge on any atom is 0.242 e. The second-order valence-corrected chi connectivity index (χ2v) is 6.22. The van der Waals surface area contributed by atoms with E-state index in [0.717, 1.165) is 11.1 Å². The van der Waals surface area contributed by atoms with Gasteiger partial charge in [-0.3, -0.25) is 9.59 Å². The molecule has 2 heterocycles. The normalized spacial score (nSPS) is 15.8. The lowest BCUT2D eigenvalue weighted by molar-refractivity contribution is -0.121. The molecule has 0 unspecified atom stereocenters. The fraction of sp³-hybridized carbons (Fsp3) is 0.417. The van der Waals surface area contributed by atoms with E-state index < -0.39 is 10.0 Å². The lowest BCUT2D eigenvalue weighted by atomic mass is 10.4. The van der Waals surface area contributed by atoms with Crippen molar-refractivity contribution in [3.8, 4) is 0 Å². The molecular formula is C12H15N3O5S. The van der Waals surface area contributed by atoms with Crippen molar-refractivity contribution in [2.75, 3.05) is 18.1 Å². The minimum Gasteiger partial charge on any atom is -0.396 e. The van der Waals surface area contributed by atoms with Crippen molar-refractivity contribution < 1.29 is 23.1 Å². The monoisotopic (exact) mass is 313 g/mol. The molecule has 1 aromatic rings. The van der Waals surface area contributed by atoms with E-state index in [2.05, 4.69) is 9.71 Å². The van der Waals surface area contributed by atoms with Gasteiger partial charge in [0, 0.05) is 32.2 Å². The molecule has 1 aliphatic heterocycles. The third-order valence-corrected chi connectivity index (χ3v) is 4.38. The molecule has 0 aromatic carbocycles. The number of rotatable bonds is 6. The lowest BCUT2D eigenvalue weighted by Gasteiger charge is -2.13. The predicted octanol–water partition coefficient (Wildman–Crippen LogP) is -0.604. The molecule has 0 saturated carbocycles. The van der Waals surface area contributed by atoms with Gasteiger partial charge in [0.2, 0.25) is 21.8 Å². The van der Waals surface area contributed by atoms with Gasteiger partial charge in [0.15, 0.2) is 0 Å². The highest BCUT2D eigenvalue weighted by Crippen LogP contribution is 2.21. The zero-order chi connectivity index (χ0) is 15.5. The molecule has 114 valence electrons. The molecule has 0 atom stereocenters. The average molecular weight is 313 g/mol. The molecule has 2 amide bonds.